The van der Waals surface area contributed by atoms with E-state index in [0.29, 0.717) is 0 Å². The average molecular weight is 261 g/mol. The molecule has 19 heavy (non-hydrogen) atoms. The van der Waals surface area contributed by atoms with Crippen molar-refractivity contribution in [1.82, 2.24) is 9.55 Å². The van der Waals surface area contributed by atoms with Gasteiger partial charge in [0.25, 0.3) is 0 Å². The van der Waals surface area contributed by atoms with E-state index in [1.807, 2.05) is 19.9 Å². The largest absolute Gasteiger partial charge is 0.383 e. The fraction of sp³-hybridized carbons (Fsp3) is 0.286. The molecule has 0 spiro atoms. The number of nitrogens with two attached hydrogens (primary N) is 1. The van der Waals surface area contributed by atoms with Crippen LogP contribution in [0.25, 0.3) is 5.70 Å². The molecule has 0 aromatic carbocycles. The second kappa shape index (κ2) is 5.22. The molecule has 0 amide bonds. The average Bonchev–Trinajstić information content (AvgIpc) is 2.48. The van der Waals surface area contributed by atoms with Crippen molar-refractivity contribution in [2.45, 2.75) is 26.7 Å². The van der Waals surface area contributed by atoms with Crippen LogP contribution in [-0.2, 0) is 0 Å². The molecule has 100 valence electrons. The molecule has 0 aliphatic heterocycles. The SMILES string of the molecule is CCC1=CC(n2ccc(N)nc2=O)=C(F)CC(C)=C1. The van der Waals surface area contributed by atoms with Crippen molar-refractivity contribution in [1.29, 1.82) is 0 Å². The van der Waals surface area contributed by atoms with Crippen molar-refractivity contribution < 1.29 is 4.39 Å². The van der Waals surface area contributed by atoms with Crippen molar-refractivity contribution in [3.8, 4) is 0 Å². The number of allylic oxidation sites excluding steroid dienone is 6. The predicted molar refractivity (Wildman–Crippen MR) is 74.0 cm³/mol. The summed E-state index contributed by atoms with van der Waals surface area (Å²) in [6, 6.07) is 1.48. The zero-order valence-corrected chi connectivity index (χ0v) is 11.0. The van der Waals surface area contributed by atoms with Crippen LogP contribution in [0.1, 0.15) is 26.7 Å². The molecular formula is C14H16FN3O. The fourth-order valence-corrected chi connectivity index (χ4v) is 2.00. The third-order valence-corrected chi connectivity index (χ3v) is 2.96. The Hall–Kier alpha value is -2.17. The maximum Gasteiger partial charge on any atom is 0.354 e. The van der Waals surface area contributed by atoms with Crippen molar-refractivity contribution in [2.24, 2.45) is 0 Å². The van der Waals surface area contributed by atoms with Gasteiger partial charge in [-0.05, 0) is 31.1 Å². The summed E-state index contributed by atoms with van der Waals surface area (Å²) in [4.78, 5) is 15.4. The summed E-state index contributed by atoms with van der Waals surface area (Å²) in [7, 11) is 0. The summed E-state index contributed by atoms with van der Waals surface area (Å²) < 4.78 is 15.4. The minimum Gasteiger partial charge on any atom is -0.383 e. The summed E-state index contributed by atoms with van der Waals surface area (Å²) >= 11 is 0. The molecule has 0 fully saturated rings. The summed E-state index contributed by atoms with van der Waals surface area (Å²) in [5.41, 5.74) is 7.01. The Morgan fingerprint density at radius 1 is 1.47 bits per heavy atom. The van der Waals surface area contributed by atoms with Crippen LogP contribution >= 0.6 is 0 Å². The highest BCUT2D eigenvalue weighted by Crippen LogP contribution is 2.26. The van der Waals surface area contributed by atoms with E-state index in [0.717, 1.165) is 17.6 Å². The van der Waals surface area contributed by atoms with E-state index in [1.165, 1.54) is 16.8 Å². The lowest BCUT2D eigenvalue weighted by atomic mass is 10.1. The van der Waals surface area contributed by atoms with Crippen LogP contribution in [0.3, 0.4) is 0 Å². The van der Waals surface area contributed by atoms with Gasteiger partial charge in [-0.15, -0.1) is 0 Å². The van der Waals surface area contributed by atoms with Crippen LogP contribution in [0.5, 0.6) is 0 Å². The molecule has 1 aromatic rings. The lowest BCUT2D eigenvalue weighted by Crippen LogP contribution is -2.22. The minimum absolute atomic E-state index is 0.130. The van der Waals surface area contributed by atoms with Crippen LogP contribution in [0, 0.1) is 0 Å². The highest BCUT2D eigenvalue weighted by molar-refractivity contribution is 5.64. The van der Waals surface area contributed by atoms with Gasteiger partial charge in [0.1, 0.15) is 11.6 Å². The van der Waals surface area contributed by atoms with Crippen molar-refractivity contribution >= 4 is 11.5 Å². The van der Waals surface area contributed by atoms with Gasteiger partial charge in [0.15, 0.2) is 0 Å². The van der Waals surface area contributed by atoms with Gasteiger partial charge in [-0.1, -0.05) is 18.6 Å². The molecular weight excluding hydrogens is 245 g/mol. The molecule has 0 saturated heterocycles. The number of nitrogen functional groups attached to an aromatic ring is 1. The van der Waals surface area contributed by atoms with Gasteiger partial charge >= 0.3 is 5.69 Å². The normalized spacial score (nSPS) is 15.9. The summed E-state index contributed by atoms with van der Waals surface area (Å²) in [6.07, 6.45) is 6.05. The van der Waals surface area contributed by atoms with Crippen LogP contribution < -0.4 is 11.4 Å². The van der Waals surface area contributed by atoms with Crippen LogP contribution in [0.2, 0.25) is 0 Å². The van der Waals surface area contributed by atoms with E-state index in [-0.39, 0.29) is 23.8 Å². The highest BCUT2D eigenvalue weighted by Gasteiger charge is 2.13. The molecule has 2 rings (SSSR count). The van der Waals surface area contributed by atoms with Gasteiger partial charge in [0, 0.05) is 12.6 Å². The first-order valence-electron chi connectivity index (χ1n) is 6.13. The molecule has 4 nitrogen and oxygen atoms in total. The van der Waals surface area contributed by atoms with Crippen molar-refractivity contribution in [3.05, 3.63) is 51.9 Å². The fourth-order valence-electron chi connectivity index (χ4n) is 2.00. The Balaban J connectivity index is 2.60. The van der Waals surface area contributed by atoms with E-state index < -0.39 is 5.69 Å². The highest BCUT2D eigenvalue weighted by atomic mass is 19.1. The monoisotopic (exact) mass is 261 g/mol. The molecule has 1 aromatic heterocycles. The number of hydrogen-bond donors (Lipinski definition) is 1. The Kier molecular flexibility index (Phi) is 3.64. The molecule has 2 N–H and O–H groups in total. The quantitative estimate of drug-likeness (QED) is 0.890. The molecule has 0 unspecified atom stereocenters. The summed E-state index contributed by atoms with van der Waals surface area (Å²) in [5.74, 6) is -0.212. The van der Waals surface area contributed by atoms with E-state index >= 15 is 0 Å². The minimum atomic E-state index is -0.573. The Morgan fingerprint density at radius 3 is 2.84 bits per heavy atom. The first kappa shape index (κ1) is 13.3. The Bertz CT molecular complexity index is 653. The first-order valence-corrected chi connectivity index (χ1v) is 6.13. The van der Waals surface area contributed by atoms with Crippen molar-refractivity contribution in [2.75, 3.05) is 5.73 Å². The Labute approximate surface area is 110 Å². The van der Waals surface area contributed by atoms with Gasteiger partial charge in [-0.25, -0.2) is 9.18 Å². The smallest absolute Gasteiger partial charge is 0.354 e. The molecule has 5 heteroatoms. The molecule has 0 bridgehead atoms. The lowest BCUT2D eigenvalue weighted by molar-refractivity contribution is 0.608. The van der Waals surface area contributed by atoms with E-state index in [1.54, 1.807) is 6.08 Å². The zero-order valence-electron chi connectivity index (χ0n) is 11.0. The number of aromatic nitrogens is 2. The summed E-state index contributed by atoms with van der Waals surface area (Å²) in [6.45, 7) is 3.86. The number of halogens is 1. The molecule has 1 heterocycles. The van der Waals surface area contributed by atoms with Crippen LogP contribution in [0.15, 0.2) is 46.2 Å². The number of rotatable bonds is 2. The topological polar surface area (TPSA) is 60.9 Å². The zero-order chi connectivity index (χ0) is 14.0. The maximum absolute atomic E-state index is 14.2. The number of anilines is 1. The third kappa shape index (κ3) is 2.81. The van der Waals surface area contributed by atoms with E-state index in [9.17, 15) is 9.18 Å². The first-order chi connectivity index (χ1) is 9.01. The maximum atomic E-state index is 14.2. The van der Waals surface area contributed by atoms with Gasteiger partial charge in [-0.3, -0.25) is 4.57 Å². The second-order valence-corrected chi connectivity index (χ2v) is 4.54. The molecule has 0 radical (unpaired) electrons. The predicted octanol–water partition coefficient (Wildman–Crippen LogP) is 2.65. The Morgan fingerprint density at radius 2 is 2.21 bits per heavy atom. The van der Waals surface area contributed by atoms with Crippen LogP contribution in [0.4, 0.5) is 10.2 Å². The van der Waals surface area contributed by atoms with Gasteiger partial charge in [0.05, 0.1) is 5.70 Å². The lowest BCUT2D eigenvalue weighted by Gasteiger charge is -2.08. The van der Waals surface area contributed by atoms with Crippen LogP contribution in [-0.4, -0.2) is 9.55 Å². The third-order valence-electron chi connectivity index (χ3n) is 2.96. The molecule has 0 atom stereocenters. The van der Waals surface area contributed by atoms with E-state index in [4.69, 9.17) is 5.73 Å². The summed E-state index contributed by atoms with van der Waals surface area (Å²) in [5, 5.41) is 0. The van der Waals surface area contributed by atoms with Gasteiger partial charge < -0.3 is 5.73 Å². The second-order valence-electron chi connectivity index (χ2n) is 4.54. The molecule has 1 aliphatic carbocycles. The van der Waals surface area contributed by atoms with Crippen molar-refractivity contribution in [3.63, 3.8) is 0 Å². The van der Waals surface area contributed by atoms with Gasteiger partial charge in [-0.2, -0.15) is 4.98 Å². The van der Waals surface area contributed by atoms with E-state index in [2.05, 4.69) is 4.98 Å². The standard InChI is InChI=1S/C14H16FN3O/c1-3-10-6-9(2)7-11(15)12(8-10)18-5-4-13(16)17-14(18)19/h4-6,8H,3,7H2,1-2H3,(H2,16,17,19). The number of hydrogen-bond acceptors (Lipinski definition) is 3. The molecule has 1 aliphatic rings. The molecule has 0 saturated carbocycles. The van der Waals surface area contributed by atoms with Gasteiger partial charge in [0.2, 0.25) is 0 Å². The number of nitrogens with zero attached hydrogens (tertiary/aromatic N) is 2.